The molecule has 196 valence electrons. The first-order valence-corrected chi connectivity index (χ1v) is 13.2. The number of benzene rings is 2. The summed E-state index contributed by atoms with van der Waals surface area (Å²) < 4.78 is 13.7. The van der Waals surface area contributed by atoms with E-state index in [0.29, 0.717) is 11.1 Å². The third-order valence-electron chi connectivity index (χ3n) is 8.53. The zero-order valence-electron chi connectivity index (χ0n) is 20.2. The van der Waals surface area contributed by atoms with Gasteiger partial charge in [-0.25, -0.2) is 9.29 Å². The summed E-state index contributed by atoms with van der Waals surface area (Å²) in [7, 11) is 0. The maximum absolute atomic E-state index is 14.1. The van der Waals surface area contributed by atoms with Crippen molar-refractivity contribution < 1.29 is 28.7 Å². The number of aromatic hydroxyl groups is 1. The van der Waals surface area contributed by atoms with Crippen LogP contribution in [0.25, 0.3) is 0 Å². The monoisotopic (exact) mass is 556 g/mol. The van der Waals surface area contributed by atoms with Crippen LogP contribution < -0.4 is 4.90 Å². The van der Waals surface area contributed by atoms with Crippen molar-refractivity contribution in [1.82, 2.24) is 4.90 Å². The third kappa shape index (κ3) is 3.07. The molecular formula is C28H23Cl2FN2O5. The second kappa shape index (κ2) is 8.38. The lowest BCUT2D eigenvalue weighted by atomic mass is 9.56. The van der Waals surface area contributed by atoms with E-state index >= 15 is 0 Å². The Bertz CT molecular complexity index is 1430. The first-order chi connectivity index (χ1) is 18.0. The Morgan fingerprint density at radius 3 is 2.24 bits per heavy atom. The smallest absolute Gasteiger partial charge is 0.258 e. The molecule has 0 bridgehead atoms. The van der Waals surface area contributed by atoms with Gasteiger partial charge in [-0.2, -0.15) is 0 Å². The molecule has 4 aliphatic rings. The fraction of sp³-hybridized carbons (Fsp3) is 0.357. The molecule has 2 heterocycles. The molecule has 0 spiro atoms. The molecule has 2 saturated heterocycles. The molecule has 38 heavy (non-hydrogen) atoms. The average molecular weight is 557 g/mol. The molecule has 6 unspecified atom stereocenters. The van der Waals surface area contributed by atoms with Gasteiger partial charge in [0, 0.05) is 12.5 Å². The predicted molar refractivity (Wildman–Crippen MR) is 137 cm³/mol. The van der Waals surface area contributed by atoms with E-state index < -0.39 is 51.1 Å². The summed E-state index contributed by atoms with van der Waals surface area (Å²) in [5, 5.41) is 9.92. The Morgan fingerprint density at radius 1 is 0.947 bits per heavy atom. The summed E-state index contributed by atoms with van der Waals surface area (Å²) in [5.41, 5.74) is 1.33. The minimum Gasteiger partial charge on any atom is -0.508 e. The van der Waals surface area contributed by atoms with Gasteiger partial charge in [-0.15, -0.1) is 23.2 Å². The van der Waals surface area contributed by atoms with Gasteiger partial charge in [-0.3, -0.25) is 24.1 Å². The maximum Gasteiger partial charge on any atom is 0.258 e. The summed E-state index contributed by atoms with van der Waals surface area (Å²) in [4.78, 5) is 52.8. The van der Waals surface area contributed by atoms with Crippen LogP contribution in [-0.2, 0) is 19.2 Å². The fourth-order valence-electron chi connectivity index (χ4n) is 6.82. The summed E-state index contributed by atoms with van der Waals surface area (Å²) in [6.07, 6.45) is 2.02. The number of alkyl halides is 2. The lowest BCUT2D eigenvalue weighted by Crippen LogP contribution is -2.60. The number of fused-ring (bicyclic) bond motifs is 4. The molecule has 3 fully saturated rings. The Hall–Kier alpha value is -3.23. The highest BCUT2D eigenvalue weighted by atomic mass is 35.5. The van der Waals surface area contributed by atoms with Crippen molar-refractivity contribution in [3.8, 4) is 5.75 Å². The highest BCUT2D eigenvalue weighted by molar-refractivity contribution is 6.58. The fourth-order valence-corrected chi connectivity index (χ4v) is 7.75. The van der Waals surface area contributed by atoms with Crippen molar-refractivity contribution in [2.24, 2.45) is 17.8 Å². The van der Waals surface area contributed by atoms with E-state index in [1.165, 1.54) is 29.2 Å². The van der Waals surface area contributed by atoms with Crippen LogP contribution in [0.5, 0.6) is 5.75 Å². The van der Waals surface area contributed by atoms with E-state index in [-0.39, 0.29) is 42.6 Å². The number of phenolic OH excluding ortho intramolecular Hbond substituents is 1. The van der Waals surface area contributed by atoms with Crippen LogP contribution in [0.1, 0.15) is 31.2 Å². The Morgan fingerprint density at radius 2 is 1.61 bits per heavy atom. The number of hydrogen-bond donors (Lipinski definition) is 1. The number of carbonyl (C=O) groups is 4. The van der Waals surface area contributed by atoms with Crippen molar-refractivity contribution >= 4 is 52.5 Å². The molecule has 1 N–H and O–H groups in total. The summed E-state index contributed by atoms with van der Waals surface area (Å²) in [5.74, 6) is -5.51. The van der Waals surface area contributed by atoms with Crippen LogP contribution in [0.15, 0.2) is 60.2 Å². The van der Waals surface area contributed by atoms with Gasteiger partial charge in [0.05, 0.1) is 17.5 Å². The van der Waals surface area contributed by atoms with E-state index in [0.717, 1.165) is 17.0 Å². The lowest BCUT2D eigenvalue weighted by Gasteiger charge is -2.50. The molecule has 2 aliphatic carbocycles. The summed E-state index contributed by atoms with van der Waals surface area (Å²) in [6.45, 7) is 1.96. The van der Waals surface area contributed by atoms with E-state index in [1.54, 1.807) is 19.1 Å². The van der Waals surface area contributed by atoms with E-state index in [2.05, 4.69) is 0 Å². The highest BCUT2D eigenvalue weighted by Crippen LogP contribution is 2.65. The number of hydrogen-bond acceptors (Lipinski definition) is 5. The molecule has 2 aromatic rings. The van der Waals surface area contributed by atoms with E-state index in [1.807, 2.05) is 6.08 Å². The number of halogens is 3. The Kier molecular flexibility index (Phi) is 5.53. The number of imide groups is 2. The first kappa shape index (κ1) is 25.1. The summed E-state index contributed by atoms with van der Waals surface area (Å²) in [6, 6.07) is 11.0. The van der Waals surface area contributed by atoms with Crippen LogP contribution in [0, 0.1) is 23.6 Å². The largest absolute Gasteiger partial charge is 0.508 e. The zero-order valence-corrected chi connectivity index (χ0v) is 21.7. The van der Waals surface area contributed by atoms with Gasteiger partial charge < -0.3 is 5.11 Å². The summed E-state index contributed by atoms with van der Waals surface area (Å²) >= 11 is 14.4. The second-order valence-corrected chi connectivity index (χ2v) is 11.5. The number of likely N-dealkylation sites (tertiary alicyclic amines) is 1. The molecular weight excluding hydrogens is 534 g/mol. The van der Waals surface area contributed by atoms with Crippen molar-refractivity contribution in [3.63, 3.8) is 0 Å². The van der Waals surface area contributed by atoms with Crippen LogP contribution in [0.4, 0.5) is 10.1 Å². The molecule has 0 aromatic heterocycles. The highest BCUT2D eigenvalue weighted by Gasteiger charge is 2.76. The molecule has 4 amide bonds. The molecule has 2 aromatic carbocycles. The predicted octanol–water partition coefficient (Wildman–Crippen LogP) is 4.11. The number of anilines is 1. The van der Waals surface area contributed by atoms with Crippen LogP contribution >= 0.6 is 23.2 Å². The minimum absolute atomic E-state index is 0.00326. The second-order valence-electron chi connectivity index (χ2n) is 10.3. The Labute approximate surface area is 227 Å². The molecule has 7 nitrogen and oxygen atoms in total. The number of amides is 4. The topological polar surface area (TPSA) is 95.0 Å². The van der Waals surface area contributed by atoms with Gasteiger partial charge in [-0.1, -0.05) is 23.8 Å². The SMILES string of the molecule is CCN1C(=O)C2CC=C3C(CC4(Cl)C(=O)N(c5ccc(F)cc5)C(=O)C4(Cl)C3c3ccc(O)cc3)C2C1=O. The first-order valence-electron chi connectivity index (χ1n) is 12.4. The Balaban J connectivity index is 1.56. The van der Waals surface area contributed by atoms with Crippen molar-refractivity contribution in [3.05, 3.63) is 71.6 Å². The number of allylic oxidation sites excluding steroid dienone is 2. The van der Waals surface area contributed by atoms with Gasteiger partial charge in [0.1, 0.15) is 11.6 Å². The standard InChI is InChI=1S/C28H23Cl2FN2O5/c1-2-32-23(35)19-12-11-18-20(21(19)24(32)36)13-27(29)25(37)33(16-7-5-15(31)6-8-16)26(38)28(27,30)22(18)14-3-9-17(34)10-4-14/h3-11,19-22,34H,2,12-13H2,1H3. The van der Waals surface area contributed by atoms with E-state index in [4.69, 9.17) is 23.2 Å². The molecule has 10 heteroatoms. The number of nitrogens with zero attached hydrogens (tertiary/aromatic N) is 2. The van der Waals surface area contributed by atoms with Gasteiger partial charge in [-0.05, 0) is 67.6 Å². The van der Waals surface area contributed by atoms with Crippen LogP contribution in [0.2, 0.25) is 0 Å². The average Bonchev–Trinajstić information content (AvgIpc) is 3.23. The third-order valence-corrected chi connectivity index (χ3v) is 9.94. The molecule has 6 rings (SSSR count). The quantitative estimate of drug-likeness (QED) is 0.348. The van der Waals surface area contributed by atoms with Crippen LogP contribution in [-0.4, -0.2) is 49.9 Å². The molecule has 1 saturated carbocycles. The van der Waals surface area contributed by atoms with Gasteiger partial charge in [0.25, 0.3) is 11.8 Å². The van der Waals surface area contributed by atoms with E-state index in [9.17, 15) is 28.7 Å². The number of phenols is 1. The molecule has 6 atom stereocenters. The normalized spacial score (nSPS) is 34.3. The van der Waals surface area contributed by atoms with Crippen molar-refractivity contribution in [2.75, 3.05) is 11.4 Å². The number of rotatable bonds is 3. The van der Waals surface area contributed by atoms with Crippen molar-refractivity contribution in [1.29, 1.82) is 0 Å². The van der Waals surface area contributed by atoms with Crippen LogP contribution in [0.3, 0.4) is 0 Å². The maximum atomic E-state index is 14.1. The zero-order chi connectivity index (χ0) is 27.1. The van der Waals surface area contributed by atoms with Gasteiger partial charge >= 0.3 is 0 Å². The van der Waals surface area contributed by atoms with Crippen molar-refractivity contribution in [2.45, 2.75) is 35.4 Å². The van der Waals surface area contributed by atoms with Gasteiger partial charge in [0.15, 0.2) is 9.75 Å². The molecule has 2 aliphatic heterocycles. The number of carbonyl (C=O) groups excluding carboxylic acids is 4. The minimum atomic E-state index is -1.98. The molecule has 0 radical (unpaired) electrons. The van der Waals surface area contributed by atoms with Gasteiger partial charge in [0.2, 0.25) is 11.8 Å². The lowest BCUT2D eigenvalue weighted by molar-refractivity contribution is -0.140.